The molecule has 8 nitrogen and oxygen atoms in total. The number of aromatic carboxylic acids is 1. The number of benzene rings is 3. The van der Waals surface area contributed by atoms with Crippen LogP contribution in [-0.2, 0) is 16.1 Å². The van der Waals surface area contributed by atoms with E-state index in [1.165, 1.54) is 23.5 Å². The van der Waals surface area contributed by atoms with Crippen molar-refractivity contribution >= 4 is 45.3 Å². The van der Waals surface area contributed by atoms with Gasteiger partial charge in [-0.2, -0.15) is 0 Å². The van der Waals surface area contributed by atoms with Crippen LogP contribution >= 0.6 is 27.3 Å². The Kier molecular flexibility index (Phi) is 9.31. The first kappa shape index (κ1) is 31.2. The molecule has 0 fully saturated rings. The molecule has 2 heterocycles. The van der Waals surface area contributed by atoms with Gasteiger partial charge in [-0.3, -0.25) is 9.36 Å². The normalized spacial score (nSPS) is 14.8. The third-order valence-electron chi connectivity index (χ3n) is 7.28. The summed E-state index contributed by atoms with van der Waals surface area (Å²) in [7, 11) is 0. The van der Waals surface area contributed by atoms with Crippen LogP contribution in [0.25, 0.3) is 6.08 Å². The predicted molar refractivity (Wildman–Crippen MR) is 173 cm³/mol. The van der Waals surface area contributed by atoms with Gasteiger partial charge in [0.1, 0.15) is 12.4 Å². The molecule has 44 heavy (non-hydrogen) atoms. The summed E-state index contributed by atoms with van der Waals surface area (Å²) >= 11 is 4.83. The summed E-state index contributed by atoms with van der Waals surface area (Å²) in [5.41, 5.74) is 4.42. The molecule has 226 valence electrons. The Balaban J connectivity index is 1.48. The van der Waals surface area contributed by atoms with Gasteiger partial charge in [0.25, 0.3) is 5.56 Å². The molecule has 1 N–H and O–H groups in total. The van der Waals surface area contributed by atoms with E-state index in [1.807, 2.05) is 36.4 Å². The molecule has 0 spiro atoms. The van der Waals surface area contributed by atoms with Crippen LogP contribution in [0.15, 0.2) is 92.3 Å². The lowest BCUT2D eigenvalue weighted by atomic mass is 9.93. The van der Waals surface area contributed by atoms with E-state index in [2.05, 4.69) is 34.8 Å². The fourth-order valence-corrected chi connectivity index (χ4v) is 6.51. The number of carboxylic acids is 1. The number of allylic oxidation sites excluding steroid dienone is 1. The second kappa shape index (κ2) is 13.2. The maximum atomic E-state index is 13.9. The van der Waals surface area contributed by atoms with Gasteiger partial charge in [-0.05, 0) is 88.3 Å². The monoisotopic (exact) mass is 674 g/mol. The van der Waals surface area contributed by atoms with Gasteiger partial charge >= 0.3 is 11.9 Å². The van der Waals surface area contributed by atoms with E-state index >= 15 is 0 Å². The Bertz CT molecular complexity index is 1940. The minimum absolute atomic E-state index is 0.213. The number of esters is 1. The fraction of sp³-hybridized carbons (Fsp3) is 0.235. The van der Waals surface area contributed by atoms with E-state index in [0.717, 1.165) is 22.3 Å². The van der Waals surface area contributed by atoms with Gasteiger partial charge in [-0.15, -0.1) is 0 Å². The lowest BCUT2D eigenvalue weighted by Gasteiger charge is -2.25. The summed E-state index contributed by atoms with van der Waals surface area (Å²) in [4.78, 5) is 43.3. The number of hydrogen-bond acceptors (Lipinski definition) is 7. The summed E-state index contributed by atoms with van der Waals surface area (Å²) in [5.74, 6) is -0.522. The van der Waals surface area contributed by atoms with Gasteiger partial charge in [0.2, 0.25) is 0 Å². The minimum Gasteiger partial charge on any atom is -0.488 e. The van der Waals surface area contributed by atoms with Gasteiger partial charge in [0.15, 0.2) is 4.80 Å². The second-order valence-electron chi connectivity index (χ2n) is 10.6. The van der Waals surface area contributed by atoms with Crippen molar-refractivity contribution < 1.29 is 24.2 Å². The zero-order valence-corrected chi connectivity index (χ0v) is 27.1. The number of carbonyl (C=O) groups is 2. The van der Waals surface area contributed by atoms with Crippen LogP contribution in [0.4, 0.5) is 0 Å². The topological polar surface area (TPSA) is 107 Å². The summed E-state index contributed by atoms with van der Waals surface area (Å²) < 4.78 is 14.1. The van der Waals surface area contributed by atoms with Crippen LogP contribution in [0.2, 0.25) is 0 Å². The highest BCUT2D eigenvalue weighted by atomic mass is 79.9. The maximum Gasteiger partial charge on any atom is 0.338 e. The zero-order valence-electron chi connectivity index (χ0n) is 24.7. The molecule has 1 atom stereocenters. The zero-order chi connectivity index (χ0) is 31.5. The largest absolute Gasteiger partial charge is 0.488 e. The molecule has 0 unspecified atom stereocenters. The number of rotatable bonds is 9. The molecule has 0 bridgehead atoms. The first-order valence-electron chi connectivity index (χ1n) is 14.1. The average molecular weight is 676 g/mol. The lowest BCUT2D eigenvalue weighted by molar-refractivity contribution is -0.139. The Morgan fingerprint density at radius 2 is 1.80 bits per heavy atom. The molecule has 0 radical (unpaired) electrons. The number of halogens is 1. The number of carbonyl (C=O) groups excluding carboxylic acids is 1. The van der Waals surface area contributed by atoms with E-state index in [9.17, 15) is 14.4 Å². The number of fused-ring (bicyclic) bond motifs is 1. The summed E-state index contributed by atoms with van der Waals surface area (Å²) in [6, 6.07) is 19.3. The van der Waals surface area contributed by atoms with E-state index < -0.39 is 18.0 Å². The molecule has 0 saturated carbocycles. The highest BCUT2D eigenvalue weighted by Crippen LogP contribution is 2.32. The quantitative estimate of drug-likeness (QED) is 0.220. The summed E-state index contributed by atoms with van der Waals surface area (Å²) in [6.45, 7) is 8.23. The molecule has 0 saturated heterocycles. The Labute approximate surface area is 266 Å². The molecule has 1 aliphatic heterocycles. The third-order valence-corrected chi connectivity index (χ3v) is 8.89. The molecule has 1 aliphatic rings. The first-order chi connectivity index (χ1) is 21.1. The van der Waals surface area contributed by atoms with Crippen molar-refractivity contribution in [1.29, 1.82) is 0 Å². The molecule has 5 rings (SSSR count). The third kappa shape index (κ3) is 6.46. The second-order valence-corrected chi connectivity index (χ2v) is 12.5. The standard InChI is InChI=1S/C34H31BrN2O6S/c1-5-42-33(41)29-20(4)36-34-37(30(29)24-13-11-23(12-14-24)19(2)3)31(38)28(44-34)17-22-8-15-27(26(35)16-22)43-18-21-6-9-25(10-7-21)32(39)40/h6-17,19,30H,5,18H2,1-4H3,(H,39,40)/b28-17+/t30-/m1/s1. The maximum absolute atomic E-state index is 13.9. The number of thiazole rings is 1. The number of hydrogen-bond donors (Lipinski definition) is 1. The summed E-state index contributed by atoms with van der Waals surface area (Å²) in [6.07, 6.45) is 1.80. The Morgan fingerprint density at radius 3 is 2.41 bits per heavy atom. The Hall–Kier alpha value is -4.28. The van der Waals surface area contributed by atoms with E-state index in [4.69, 9.17) is 14.6 Å². The predicted octanol–water partition coefficient (Wildman–Crippen LogP) is 5.96. The number of aromatic nitrogens is 1. The molecular formula is C34H31BrN2O6S. The number of nitrogens with zero attached hydrogens (tertiary/aromatic N) is 2. The van der Waals surface area contributed by atoms with Crippen LogP contribution in [-0.4, -0.2) is 28.2 Å². The van der Waals surface area contributed by atoms with E-state index in [0.29, 0.717) is 36.7 Å². The van der Waals surface area contributed by atoms with E-state index in [-0.39, 0.29) is 24.3 Å². The van der Waals surface area contributed by atoms with E-state index in [1.54, 1.807) is 42.7 Å². The molecule has 0 aliphatic carbocycles. The molecule has 0 amide bonds. The smallest absolute Gasteiger partial charge is 0.338 e. The summed E-state index contributed by atoms with van der Waals surface area (Å²) in [5, 5.41) is 9.09. The number of carboxylic acid groups (broad SMARTS) is 1. The van der Waals surface area contributed by atoms with Crippen LogP contribution in [0, 0.1) is 0 Å². The van der Waals surface area contributed by atoms with Gasteiger partial charge < -0.3 is 14.6 Å². The van der Waals surface area contributed by atoms with Crippen molar-refractivity contribution in [2.75, 3.05) is 6.61 Å². The first-order valence-corrected chi connectivity index (χ1v) is 15.7. The van der Waals surface area contributed by atoms with Crippen molar-refractivity contribution in [3.8, 4) is 5.75 Å². The SMILES string of the molecule is CCOC(=O)C1=C(C)N=c2s/c(=C/c3ccc(OCc4ccc(C(=O)O)cc4)c(Br)c3)c(=O)n2[C@@H]1c1ccc(C(C)C)cc1. The highest BCUT2D eigenvalue weighted by Gasteiger charge is 2.33. The molecule has 10 heteroatoms. The molecular weight excluding hydrogens is 644 g/mol. The molecule has 3 aromatic carbocycles. The molecule has 1 aromatic heterocycles. The van der Waals surface area contributed by atoms with Crippen molar-refractivity contribution in [2.24, 2.45) is 4.99 Å². The van der Waals surface area contributed by atoms with Crippen LogP contribution < -0.4 is 19.6 Å². The highest BCUT2D eigenvalue weighted by molar-refractivity contribution is 9.10. The van der Waals surface area contributed by atoms with Gasteiger partial charge in [-0.1, -0.05) is 67.6 Å². The van der Waals surface area contributed by atoms with Gasteiger partial charge in [0, 0.05) is 0 Å². The van der Waals surface area contributed by atoms with Crippen molar-refractivity contribution in [3.63, 3.8) is 0 Å². The van der Waals surface area contributed by atoms with Crippen molar-refractivity contribution in [1.82, 2.24) is 4.57 Å². The minimum atomic E-state index is -0.978. The lowest BCUT2D eigenvalue weighted by Crippen LogP contribution is -2.39. The van der Waals surface area contributed by atoms with Crippen molar-refractivity contribution in [2.45, 2.75) is 46.3 Å². The fourth-order valence-electron chi connectivity index (χ4n) is 4.95. The average Bonchev–Trinajstić information content (AvgIpc) is 3.30. The van der Waals surface area contributed by atoms with Crippen LogP contribution in [0.1, 0.15) is 72.3 Å². The van der Waals surface area contributed by atoms with Crippen LogP contribution in [0.5, 0.6) is 5.75 Å². The van der Waals surface area contributed by atoms with Crippen LogP contribution in [0.3, 0.4) is 0 Å². The Morgan fingerprint density at radius 1 is 1.09 bits per heavy atom. The van der Waals surface area contributed by atoms with Crippen molar-refractivity contribution in [3.05, 3.63) is 130 Å². The van der Waals surface area contributed by atoms with Gasteiger partial charge in [0.05, 0.1) is 38.5 Å². The number of ether oxygens (including phenoxy) is 2. The molecule has 4 aromatic rings. The van der Waals surface area contributed by atoms with Gasteiger partial charge in [-0.25, -0.2) is 14.6 Å².